The van der Waals surface area contributed by atoms with E-state index in [4.69, 9.17) is 4.42 Å². The van der Waals surface area contributed by atoms with Crippen molar-refractivity contribution in [1.82, 2.24) is 5.32 Å². The topological polar surface area (TPSA) is 62.6 Å². The Labute approximate surface area is 160 Å². The zero-order chi connectivity index (χ0) is 19.6. The molecule has 3 rings (SSSR count). The van der Waals surface area contributed by atoms with Crippen LogP contribution in [-0.4, -0.2) is 18.4 Å². The van der Waals surface area contributed by atoms with Gasteiger partial charge in [0.05, 0.1) is 24.4 Å². The number of hydrogen-bond acceptors (Lipinski definition) is 3. The van der Waals surface area contributed by atoms with Gasteiger partial charge in [-0.15, -0.1) is 0 Å². The van der Waals surface area contributed by atoms with Crippen LogP contribution in [0.15, 0.2) is 41.0 Å². The van der Waals surface area contributed by atoms with Crippen molar-refractivity contribution in [1.29, 1.82) is 0 Å². The molecule has 2 aromatic rings. The first kappa shape index (κ1) is 19.2. The number of nitrogens with zero attached hydrogens (tertiary/aromatic N) is 1. The first-order valence-electron chi connectivity index (χ1n) is 9.61. The Balaban J connectivity index is 1.80. The van der Waals surface area contributed by atoms with E-state index in [-0.39, 0.29) is 24.2 Å². The number of benzene rings is 1. The molecule has 144 valence electrons. The zero-order valence-corrected chi connectivity index (χ0v) is 16.5. The molecule has 5 nitrogen and oxygen atoms in total. The number of carbonyl (C=O) groups excluding carboxylic acids is 2. The van der Waals surface area contributed by atoms with Crippen molar-refractivity contribution in [2.75, 3.05) is 11.4 Å². The maximum absolute atomic E-state index is 12.8. The van der Waals surface area contributed by atoms with Crippen molar-refractivity contribution in [2.45, 2.75) is 52.5 Å². The molecule has 27 heavy (non-hydrogen) atoms. The van der Waals surface area contributed by atoms with Crippen LogP contribution in [0.1, 0.15) is 62.8 Å². The van der Waals surface area contributed by atoms with Crippen LogP contribution in [0.4, 0.5) is 5.69 Å². The lowest BCUT2D eigenvalue weighted by Gasteiger charge is -2.27. The van der Waals surface area contributed by atoms with E-state index < -0.39 is 0 Å². The molecule has 0 bridgehead atoms. The van der Waals surface area contributed by atoms with Gasteiger partial charge in [-0.25, -0.2) is 0 Å². The van der Waals surface area contributed by atoms with Gasteiger partial charge in [0, 0.05) is 13.0 Å². The Kier molecular flexibility index (Phi) is 5.68. The Morgan fingerprint density at radius 1 is 1.15 bits per heavy atom. The Morgan fingerprint density at radius 3 is 2.37 bits per heavy atom. The third-order valence-corrected chi connectivity index (χ3v) is 5.13. The molecule has 1 aromatic heterocycles. The summed E-state index contributed by atoms with van der Waals surface area (Å²) >= 11 is 0. The molecular formula is C22H28N2O3. The van der Waals surface area contributed by atoms with Crippen LogP contribution < -0.4 is 10.2 Å². The third kappa shape index (κ3) is 4.07. The van der Waals surface area contributed by atoms with Crippen molar-refractivity contribution >= 4 is 17.5 Å². The van der Waals surface area contributed by atoms with Gasteiger partial charge in [0.1, 0.15) is 5.76 Å². The quantitative estimate of drug-likeness (QED) is 0.831. The monoisotopic (exact) mass is 368 g/mol. The minimum Gasteiger partial charge on any atom is -0.467 e. The lowest BCUT2D eigenvalue weighted by molar-refractivity contribution is -0.126. The highest BCUT2D eigenvalue weighted by molar-refractivity contribution is 6.01. The van der Waals surface area contributed by atoms with E-state index in [1.807, 2.05) is 11.0 Å². The molecular weight excluding hydrogens is 340 g/mol. The summed E-state index contributed by atoms with van der Waals surface area (Å²) in [6, 6.07) is 9.84. The summed E-state index contributed by atoms with van der Waals surface area (Å²) in [6.07, 6.45) is 1.83. The number of amides is 2. The number of carbonyl (C=O) groups is 2. The summed E-state index contributed by atoms with van der Waals surface area (Å²) in [5.74, 6) is 0.889. The van der Waals surface area contributed by atoms with Gasteiger partial charge in [-0.05, 0) is 35.1 Å². The predicted octanol–water partition coefficient (Wildman–Crippen LogP) is 4.20. The van der Waals surface area contributed by atoms with Crippen LogP contribution in [-0.2, 0) is 16.1 Å². The summed E-state index contributed by atoms with van der Waals surface area (Å²) in [7, 11) is 0. The largest absolute Gasteiger partial charge is 0.467 e. The number of para-hydroxylation sites is 1. The fourth-order valence-corrected chi connectivity index (χ4v) is 3.65. The van der Waals surface area contributed by atoms with Gasteiger partial charge < -0.3 is 14.6 Å². The smallest absolute Gasteiger partial charge is 0.227 e. The molecule has 1 fully saturated rings. The van der Waals surface area contributed by atoms with Crippen molar-refractivity contribution in [2.24, 2.45) is 5.92 Å². The van der Waals surface area contributed by atoms with Gasteiger partial charge in [-0.1, -0.05) is 45.9 Å². The van der Waals surface area contributed by atoms with E-state index in [2.05, 4.69) is 51.2 Å². The lowest BCUT2D eigenvalue weighted by Crippen LogP contribution is -2.33. The summed E-state index contributed by atoms with van der Waals surface area (Å²) in [5.41, 5.74) is 3.31. The minimum atomic E-state index is -0.340. The molecule has 1 saturated heterocycles. The molecule has 2 amide bonds. The Morgan fingerprint density at radius 2 is 1.81 bits per heavy atom. The second kappa shape index (κ2) is 7.99. The summed E-state index contributed by atoms with van der Waals surface area (Å²) in [4.78, 5) is 27.2. The van der Waals surface area contributed by atoms with Crippen molar-refractivity contribution in [3.63, 3.8) is 0 Å². The SMILES string of the molecule is CC(C)c1cccc(C(C)C)c1N1CC(C(=O)NCc2ccco2)CC1=O. The van der Waals surface area contributed by atoms with E-state index in [1.54, 1.807) is 12.3 Å². The highest BCUT2D eigenvalue weighted by atomic mass is 16.3. The number of rotatable bonds is 6. The van der Waals surface area contributed by atoms with E-state index in [9.17, 15) is 9.59 Å². The minimum absolute atomic E-state index is 0.0168. The molecule has 2 heterocycles. The maximum Gasteiger partial charge on any atom is 0.227 e. The predicted molar refractivity (Wildman–Crippen MR) is 106 cm³/mol. The average molecular weight is 368 g/mol. The third-order valence-electron chi connectivity index (χ3n) is 5.13. The molecule has 0 aliphatic carbocycles. The highest BCUT2D eigenvalue weighted by Gasteiger charge is 2.37. The van der Waals surface area contributed by atoms with Gasteiger partial charge in [-0.3, -0.25) is 9.59 Å². The van der Waals surface area contributed by atoms with Crippen molar-refractivity contribution < 1.29 is 14.0 Å². The number of furan rings is 1. The lowest BCUT2D eigenvalue weighted by atomic mass is 9.92. The van der Waals surface area contributed by atoms with Gasteiger partial charge in [0.15, 0.2) is 0 Å². The van der Waals surface area contributed by atoms with Gasteiger partial charge >= 0.3 is 0 Å². The van der Waals surface area contributed by atoms with Crippen LogP contribution in [0.5, 0.6) is 0 Å². The summed E-state index contributed by atoms with van der Waals surface area (Å²) in [6.45, 7) is 9.31. The first-order chi connectivity index (χ1) is 12.9. The second-order valence-electron chi connectivity index (χ2n) is 7.80. The fourth-order valence-electron chi connectivity index (χ4n) is 3.65. The zero-order valence-electron chi connectivity index (χ0n) is 16.5. The molecule has 1 aliphatic rings. The molecule has 1 aliphatic heterocycles. The molecule has 1 aromatic carbocycles. The van der Waals surface area contributed by atoms with E-state index >= 15 is 0 Å². The molecule has 0 spiro atoms. The Hall–Kier alpha value is -2.56. The van der Waals surface area contributed by atoms with Gasteiger partial charge in [-0.2, -0.15) is 0 Å². The van der Waals surface area contributed by atoms with E-state index in [0.717, 1.165) is 16.8 Å². The Bertz CT molecular complexity index is 783. The van der Waals surface area contributed by atoms with E-state index in [0.29, 0.717) is 30.7 Å². The molecule has 0 saturated carbocycles. The first-order valence-corrected chi connectivity index (χ1v) is 9.61. The molecule has 1 unspecified atom stereocenters. The van der Waals surface area contributed by atoms with Crippen LogP contribution >= 0.6 is 0 Å². The van der Waals surface area contributed by atoms with Crippen LogP contribution in [0, 0.1) is 5.92 Å². The molecule has 1 N–H and O–H groups in total. The maximum atomic E-state index is 12.8. The molecule has 0 radical (unpaired) electrons. The van der Waals surface area contributed by atoms with Crippen molar-refractivity contribution in [3.8, 4) is 0 Å². The van der Waals surface area contributed by atoms with Crippen LogP contribution in [0.3, 0.4) is 0 Å². The average Bonchev–Trinajstić information content (AvgIpc) is 3.28. The highest BCUT2D eigenvalue weighted by Crippen LogP contribution is 2.38. The summed E-state index contributed by atoms with van der Waals surface area (Å²) < 4.78 is 5.25. The normalized spacial score (nSPS) is 17.2. The van der Waals surface area contributed by atoms with Gasteiger partial charge in [0.2, 0.25) is 11.8 Å². The second-order valence-corrected chi connectivity index (χ2v) is 7.80. The van der Waals surface area contributed by atoms with E-state index in [1.165, 1.54) is 0 Å². The molecule has 1 atom stereocenters. The number of hydrogen-bond donors (Lipinski definition) is 1. The number of nitrogens with one attached hydrogen (secondary N) is 1. The van der Waals surface area contributed by atoms with Crippen molar-refractivity contribution in [3.05, 3.63) is 53.5 Å². The van der Waals surface area contributed by atoms with Crippen LogP contribution in [0.2, 0.25) is 0 Å². The molecule has 5 heteroatoms. The van der Waals surface area contributed by atoms with Gasteiger partial charge in [0.25, 0.3) is 0 Å². The number of anilines is 1. The van der Waals surface area contributed by atoms with Crippen LogP contribution in [0.25, 0.3) is 0 Å². The standard InChI is InChI=1S/C22H28N2O3/c1-14(2)18-8-5-9-19(15(3)4)21(18)24-13-16(11-20(24)25)22(26)23-12-17-7-6-10-27-17/h5-10,14-16H,11-13H2,1-4H3,(H,23,26). The fraction of sp³-hybridized carbons (Fsp3) is 0.455. The summed E-state index contributed by atoms with van der Waals surface area (Å²) in [5, 5.41) is 2.88.